The fourth-order valence-electron chi connectivity index (χ4n) is 2.25. The summed E-state index contributed by atoms with van der Waals surface area (Å²) >= 11 is 0. The molecule has 0 aliphatic carbocycles. The standard InChI is InChI=1S/C13H23N5/c1-9(2)17-12-11(14)13(16-8-15-12)18-6-4-10(3)5-7-18/h8-10H,4-7,14H2,1-3H3,(H,15,16,17). The molecule has 1 aromatic heterocycles. The Labute approximate surface area is 109 Å². The summed E-state index contributed by atoms with van der Waals surface area (Å²) in [6.45, 7) is 8.51. The average molecular weight is 249 g/mol. The molecule has 3 N–H and O–H groups in total. The normalized spacial score (nSPS) is 17.2. The highest BCUT2D eigenvalue weighted by Gasteiger charge is 2.20. The van der Waals surface area contributed by atoms with E-state index in [1.54, 1.807) is 6.33 Å². The summed E-state index contributed by atoms with van der Waals surface area (Å²) in [5.74, 6) is 2.42. The molecule has 5 heteroatoms. The monoisotopic (exact) mass is 249 g/mol. The molecule has 0 atom stereocenters. The lowest BCUT2D eigenvalue weighted by Crippen LogP contribution is -2.34. The van der Waals surface area contributed by atoms with Gasteiger partial charge in [-0.3, -0.25) is 0 Å². The molecule has 0 amide bonds. The first-order valence-electron chi connectivity index (χ1n) is 6.70. The Balaban J connectivity index is 2.17. The van der Waals surface area contributed by atoms with E-state index in [1.807, 2.05) is 0 Å². The van der Waals surface area contributed by atoms with Crippen LogP contribution in [0.2, 0.25) is 0 Å². The Morgan fingerprint density at radius 2 is 2.00 bits per heavy atom. The van der Waals surface area contributed by atoms with E-state index >= 15 is 0 Å². The number of nitrogens with one attached hydrogen (secondary N) is 1. The zero-order valence-electron chi connectivity index (χ0n) is 11.5. The van der Waals surface area contributed by atoms with E-state index < -0.39 is 0 Å². The molecular formula is C13H23N5. The number of nitrogen functional groups attached to an aromatic ring is 1. The summed E-state index contributed by atoms with van der Waals surface area (Å²) in [6, 6.07) is 0.316. The SMILES string of the molecule is CC1CCN(c2ncnc(NC(C)C)c2N)CC1. The highest BCUT2D eigenvalue weighted by Crippen LogP contribution is 2.29. The van der Waals surface area contributed by atoms with Crippen LogP contribution in [0.5, 0.6) is 0 Å². The number of aromatic nitrogens is 2. The van der Waals surface area contributed by atoms with E-state index in [1.165, 1.54) is 12.8 Å². The summed E-state index contributed by atoms with van der Waals surface area (Å²) in [5, 5.41) is 3.26. The Hall–Kier alpha value is -1.52. The van der Waals surface area contributed by atoms with E-state index in [9.17, 15) is 0 Å². The second-order valence-corrected chi connectivity index (χ2v) is 5.43. The quantitative estimate of drug-likeness (QED) is 0.859. The van der Waals surface area contributed by atoms with Crippen LogP contribution >= 0.6 is 0 Å². The molecular weight excluding hydrogens is 226 g/mol. The van der Waals surface area contributed by atoms with Crippen LogP contribution in [0.4, 0.5) is 17.3 Å². The molecule has 0 unspecified atom stereocenters. The molecule has 2 rings (SSSR count). The molecule has 2 heterocycles. The molecule has 0 spiro atoms. The van der Waals surface area contributed by atoms with Crippen LogP contribution in [0.1, 0.15) is 33.6 Å². The predicted molar refractivity (Wildman–Crippen MR) is 75.8 cm³/mol. The number of hydrogen-bond donors (Lipinski definition) is 2. The van der Waals surface area contributed by atoms with Gasteiger partial charge in [0.05, 0.1) is 0 Å². The van der Waals surface area contributed by atoms with Crippen molar-refractivity contribution in [2.45, 2.75) is 39.7 Å². The van der Waals surface area contributed by atoms with E-state index in [0.29, 0.717) is 11.7 Å². The first-order valence-corrected chi connectivity index (χ1v) is 6.70. The molecule has 18 heavy (non-hydrogen) atoms. The first kappa shape index (κ1) is 12.9. The molecule has 1 fully saturated rings. The van der Waals surface area contributed by atoms with E-state index in [2.05, 4.69) is 41.0 Å². The van der Waals surface area contributed by atoms with E-state index in [-0.39, 0.29) is 0 Å². The second-order valence-electron chi connectivity index (χ2n) is 5.43. The lowest BCUT2D eigenvalue weighted by Gasteiger charge is -2.32. The minimum atomic E-state index is 0.316. The third-order valence-electron chi connectivity index (χ3n) is 3.37. The van der Waals surface area contributed by atoms with Crippen molar-refractivity contribution in [2.24, 2.45) is 5.92 Å². The Morgan fingerprint density at radius 3 is 2.61 bits per heavy atom. The molecule has 1 saturated heterocycles. The fraction of sp³-hybridized carbons (Fsp3) is 0.692. The number of nitrogens with zero attached hydrogens (tertiary/aromatic N) is 3. The van der Waals surface area contributed by atoms with Crippen LogP contribution < -0.4 is 16.0 Å². The zero-order valence-corrected chi connectivity index (χ0v) is 11.5. The van der Waals surface area contributed by atoms with Crippen molar-refractivity contribution < 1.29 is 0 Å². The Kier molecular flexibility index (Phi) is 3.89. The van der Waals surface area contributed by atoms with Gasteiger partial charge >= 0.3 is 0 Å². The summed E-state index contributed by atoms with van der Waals surface area (Å²) in [4.78, 5) is 10.8. The third kappa shape index (κ3) is 2.83. The summed E-state index contributed by atoms with van der Waals surface area (Å²) in [5.41, 5.74) is 6.84. The van der Waals surface area contributed by atoms with Crippen molar-refractivity contribution in [3.05, 3.63) is 6.33 Å². The topological polar surface area (TPSA) is 67.1 Å². The molecule has 1 aliphatic heterocycles. The molecule has 5 nitrogen and oxygen atoms in total. The molecule has 0 aromatic carbocycles. The third-order valence-corrected chi connectivity index (χ3v) is 3.37. The van der Waals surface area contributed by atoms with Crippen LogP contribution in [-0.4, -0.2) is 29.1 Å². The second kappa shape index (κ2) is 5.42. The highest BCUT2D eigenvalue weighted by molar-refractivity contribution is 5.75. The van der Waals surface area contributed by atoms with Crippen molar-refractivity contribution in [1.29, 1.82) is 0 Å². The van der Waals surface area contributed by atoms with Gasteiger partial charge in [0, 0.05) is 19.1 Å². The average Bonchev–Trinajstić information content (AvgIpc) is 2.33. The first-order chi connectivity index (χ1) is 8.58. The van der Waals surface area contributed by atoms with Crippen molar-refractivity contribution in [1.82, 2.24) is 9.97 Å². The maximum atomic E-state index is 6.17. The Bertz CT molecular complexity index is 396. The van der Waals surface area contributed by atoms with Crippen molar-refractivity contribution in [3.63, 3.8) is 0 Å². The number of nitrogens with two attached hydrogens (primary N) is 1. The number of hydrogen-bond acceptors (Lipinski definition) is 5. The van der Waals surface area contributed by atoms with Crippen LogP contribution in [-0.2, 0) is 0 Å². The number of anilines is 3. The largest absolute Gasteiger partial charge is 0.393 e. The van der Waals surface area contributed by atoms with Gasteiger partial charge in [0.25, 0.3) is 0 Å². The maximum Gasteiger partial charge on any atom is 0.157 e. The minimum absolute atomic E-state index is 0.316. The van der Waals surface area contributed by atoms with Gasteiger partial charge in [0.15, 0.2) is 11.6 Å². The van der Waals surface area contributed by atoms with Gasteiger partial charge in [-0.1, -0.05) is 6.92 Å². The maximum absolute atomic E-state index is 6.17. The van der Waals surface area contributed by atoms with Gasteiger partial charge in [0.2, 0.25) is 0 Å². The fourth-order valence-corrected chi connectivity index (χ4v) is 2.25. The van der Waals surface area contributed by atoms with Crippen LogP contribution in [0.25, 0.3) is 0 Å². The Morgan fingerprint density at radius 1 is 1.33 bits per heavy atom. The molecule has 0 radical (unpaired) electrons. The van der Waals surface area contributed by atoms with Gasteiger partial charge in [-0.2, -0.15) is 0 Å². The van der Waals surface area contributed by atoms with E-state index in [0.717, 1.165) is 30.6 Å². The van der Waals surface area contributed by atoms with Gasteiger partial charge < -0.3 is 16.0 Å². The molecule has 100 valence electrons. The molecule has 1 aromatic rings. The summed E-state index contributed by atoms with van der Waals surface area (Å²) in [7, 11) is 0. The van der Waals surface area contributed by atoms with Gasteiger partial charge in [-0.25, -0.2) is 9.97 Å². The highest BCUT2D eigenvalue weighted by atomic mass is 15.2. The lowest BCUT2D eigenvalue weighted by atomic mass is 9.99. The number of piperidine rings is 1. The summed E-state index contributed by atoms with van der Waals surface area (Å²) < 4.78 is 0. The zero-order chi connectivity index (χ0) is 13.1. The van der Waals surface area contributed by atoms with Crippen molar-refractivity contribution in [3.8, 4) is 0 Å². The molecule has 0 bridgehead atoms. The van der Waals surface area contributed by atoms with Crippen LogP contribution in [0, 0.1) is 5.92 Å². The van der Waals surface area contributed by atoms with Crippen LogP contribution in [0.3, 0.4) is 0 Å². The van der Waals surface area contributed by atoms with Crippen molar-refractivity contribution in [2.75, 3.05) is 29.0 Å². The lowest BCUT2D eigenvalue weighted by molar-refractivity contribution is 0.437. The molecule has 0 saturated carbocycles. The van der Waals surface area contributed by atoms with Crippen molar-refractivity contribution >= 4 is 17.3 Å². The van der Waals surface area contributed by atoms with E-state index in [4.69, 9.17) is 5.73 Å². The van der Waals surface area contributed by atoms with Crippen LogP contribution in [0.15, 0.2) is 6.33 Å². The smallest absolute Gasteiger partial charge is 0.157 e. The van der Waals surface area contributed by atoms with Gasteiger partial charge in [0.1, 0.15) is 12.0 Å². The molecule has 1 aliphatic rings. The van der Waals surface area contributed by atoms with Gasteiger partial charge in [-0.15, -0.1) is 0 Å². The predicted octanol–water partition coefficient (Wildman–Crippen LogP) is 2.12. The summed E-state index contributed by atoms with van der Waals surface area (Å²) in [6.07, 6.45) is 4.00. The minimum Gasteiger partial charge on any atom is -0.393 e. The number of rotatable bonds is 3. The van der Waals surface area contributed by atoms with Gasteiger partial charge in [-0.05, 0) is 32.6 Å².